The van der Waals surface area contributed by atoms with Crippen LogP contribution in [0.1, 0.15) is 15.9 Å². The minimum atomic E-state index is -0.257. The van der Waals surface area contributed by atoms with E-state index in [2.05, 4.69) is 9.97 Å². The van der Waals surface area contributed by atoms with Gasteiger partial charge in [0.25, 0.3) is 5.91 Å². The summed E-state index contributed by atoms with van der Waals surface area (Å²) in [6.45, 7) is 2.12. The minimum absolute atomic E-state index is 0.00422. The highest BCUT2D eigenvalue weighted by Crippen LogP contribution is 2.14. The van der Waals surface area contributed by atoms with Gasteiger partial charge in [0, 0.05) is 45.6 Å². The molecule has 1 aliphatic rings. The zero-order valence-corrected chi connectivity index (χ0v) is 15.1. The average molecular weight is 367 g/mol. The van der Waals surface area contributed by atoms with Gasteiger partial charge in [0.1, 0.15) is 0 Å². The van der Waals surface area contributed by atoms with Gasteiger partial charge in [-0.05, 0) is 23.8 Å². The highest BCUT2D eigenvalue weighted by Gasteiger charge is 2.25. The van der Waals surface area contributed by atoms with Crippen molar-refractivity contribution in [3.05, 3.63) is 58.3 Å². The lowest BCUT2D eigenvalue weighted by molar-refractivity contribution is -0.131. The third kappa shape index (κ3) is 3.51. The molecule has 8 heteroatoms. The Balaban J connectivity index is 1.36. The topological polar surface area (TPSA) is 94.2 Å². The number of carbonyl (C=O) groups is 2. The number of carbonyl (C=O) groups excluding carboxylic acids is 2. The largest absolute Gasteiger partial charge is 0.356 e. The van der Waals surface area contributed by atoms with Gasteiger partial charge in [0.15, 0.2) is 0 Å². The van der Waals surface area contributed by atoms with Crippen molar-refractivity contribution in [2.24, 2.45) is 7.05 Å². The summed E-state index contributed by atoms with van der Waals surface area (Å²) in [5.41, 5.74) is 2.69. The number of aromatic nitrogens is 3. The van der Waals surface area contributed by atoms with Crippen molar-refractivity contribution in [1.82, 2.24) is 24.3 Å². The number of fused-ring (bicyclic) bond motifs is 1. The molecule has 0 saturated carbocycles. The standard InChI is InChI=1S/C19H21N5O3/c1-22-5-4-14(12-22)18(26)24-8-6-23(7-9-24)17(25)11-13-2-3-15-16(10-13)21-19(27)20-15/h2-5,10,12H,6-9,11H2,1H3,(H2,20,21,27). The van der Waals surface area contributed by atoms with E-state index < -0.39 is 0 Å². The molecule has 0 spiro atoms. The van der Waals surface area contributed by atoms with E-state index >= 15 is 0 Å². The van der Waals surface area contributed by atoms with E-state index in [0.29, 0.717) is 37.3 Å². The van der Waals surface area contributed by atoms with Crippen LogP contribution in [-0.4, -0.2) is 62.3 Å². The Morgan fingerprint density at radius 3 is 2.41 bits per heavy atom. The molecule has 27 heavy (non-hydrogen) atoms. The van der Waals surface area contributed by atoms with Crippen LogP contribution in [0.3, 0.4) is 0 Å². The average Bonchev–Trinajstić information content (AvgIpc) is 3.25. The van der Waals surface area contributed by atoms with Crippen LogP contribution in [0.25, 0.3) is 11.0 Å². The SMILES string of the molecule is Cn1ccc(C(=O)N2CCN(C(=O)Cc3ccc4[nH]c(=O)[nH]c4c3)CC2)c1. The second-order valence-corrected chi connectivity index (χ2v) is 6.87. The smallest absolute Gasteiger partial charge is 0.323 e. The summed E-state index contributed by atoms with van der Waals surface area (Å²) in [5.74, 6) is 0.0311. The molecule has 140 valence electrons. The number of aromatic amines is 2. The molecule has 0 atom stereocenters. The summed E-state index contributed by atoms with van der Waals surface area (Å²) in [6.07, 6.45) is 3.93. The van der Waals surface area contributed by atoms with Crippen LogP contribution in [0.15, 0.2) is 41.5 Å². The zero-order chi connectivity index (χ0) is 19.0. The number of rotatable bonds is 3. The van der Waals surface area contributed by atoms with Crippen LogP contribution in [-0.2, 0) is 18.3 Å². The Labute approximate surface area is 155 Å². The maximum absolute atomic E-state index is 12.6. The molecule has 1 saturated heterocycles. The van der Waals surface area contributed by atoms with E-state index in [1.807, 2.05) is 29.9 Å². The number of amides is 2. The molecule has 2 amide bonds. The van der Waals surface area contributed by atoms with Gasteiger partial charge in [-0.15, -0.1) is 0 Å². The van der Waals surface area contributed by atoms with Crippen molar-refractivity contribution in [2.45, 2.75) is 6.42 Å². The van der Waals surface area contributed by atoms with E-state index in [1.54, 1.807) is 28.1 Å². The number of imidazole rings is 1. The predicted molar refractivity (Wildman–Crippen MR) is 101 cm³/mol. The quantitative estimate of drug-likeness (QED) is 0.714. The van der Waals surface area contributed by atoms with Crippen molar-refractivity contribution in [2.75, 3.05) is 26.2 Å². The first-order valence-electron chi connectivity index (χ1n) is 8.89. The van der Waals surface area contributed by atoms with Gasteiger partial charge >= 0.3 is 5.69 Å². The van der Waals surface area contributed by atoms with Crippen LogP contribution < -0.4 is 5.69 Å². The van der Waals surface area contributed by atoms with Crippen molar-refractivity contribution >= 4 is 22.8 Å². The Bertz CT molecular complexity index is 1050. The lowest BCUT2D eigenvalue weighted by Gasteiger charge is -2.34. The predicted octanol–water partition coefficient (Wildman–Crippen LogP) is 0.722. The Morgan fingerprint density at radius 1 is 1.00 bits per heavy atom. The Morgan fingerprint density at radius 2 is 1.70 bits per heavy atom. The molecule has 1 fully saturated rings. The minimum Gasteiger partial charge on any atom is -0.356 e. The third-order valence-corrected chi connectivity index (χ3v) is 4.93. The molecule has 1 aromatic carbocycles. The van der Waals surface area contributed by atoms with Gasteiger partial charge in [-0.2, -0.15) is 0 Å². The summed E-state index contributed by atoms with van der Waals surface area (Å²) < 4.78 is 1.85. The van der Waals surface area contributed by atoms with Crippen LogP contribution in [0.5, 0.6) is 0 Å². The highest BCUT2D eigenvalue weighted by atomic mass is 16.2. The number of benzene rings is 1. The fraction of sp³-hybridized carbons (Fsp3) is 0.316. The number of H-pyrrole nitrogens is 2. The summed E-state index contributed by atoms with van der Waals surface area (Å²) in [6, 6.07) is 7.27. The monoisotopic (exact) mass is 367 g/mol. The van der Waals surface area contributed by atoms with Gasteiger partial charge in [-0.1, -0.05) is 6.07 Å². The molecule has 0 unspecified atom stereocenters. The molecular weight excluding hydrogens is 346 g/mol. The first kappa shape index (κ1) is 17.1. The maximum atomic E-state index is 12.6. The van der Waals surface area contributed by atoms with Crippen molar-refractivity contribution in [3.8, 4) is 0 Å². The molecule has 8 nitrogen and oxygen atoms in total. The van der Waals surface area contributed by atoms with Crippen LogP contribution in [0.2, 0.25) is 0 Å². The first-order chi connectivity index (χ1) is 13.0. The first-order valence-corrected chi connectivity index (χ1v) is 8.89. The number of hydrogen-bond acceptors (Lipinski definition) is 3. The molecule has 0 aliphatic carbocycles. The van der Waals surface area contributed by atoms with Gasteiger partial charge in [0.2, 0.25) is 5.91 Å². The van der Waals surface area contributed by atoms with Crippen molar-refractivity contribution < 1.29 is 9.59 Å². The van der Waals surface area contributed by atoms with Gasteiger partial charge in [-0.25, -0.2) is 4.79 Å². The number of hydrogen-bond donors (Lipinski definition) is 2. The van der Waals surface area contributed by atoms with Gasteiger partial charge in [-0.3, -0.25) is 9.59 Å². The Kier molecular flexibility index (Phi) is 4.31. The second kappa shape index (κ2) is 6.79. The van der Waals surface area contributed by atoms with E-state index in [9.17, 15) is 14.4 Å². The van der Waals surface area contributed by atoms with Gasteiger partial charge in [0.05, 0.1) is 23.0 Å². The molecule has 3 heterocycles. The second-order valence-electron chi connectivity index (χ2n) is 6.87. The zero-order valence-electron chi connectivity index (χ0n) is 15.1. The van der Waals surface area contributed by atoms with Crippen molar-refractivity contribution in [3.63, 3.8) is 0 Å². The summed E-state index contributed by atoms with van der Waals surface area (Å²) in [4.78, 5) is 45.4. The van der Waals surface area contributed by atoms with E-state index in [1.165, 1.54) is 0 Å². The highest BCUT2D eigenvalue weighted by molar-refractivity contribution is 5.94. The molecular formula is C19H21N5O3. The molecule has 0 bridgehead atoms. The summed E-state index contributed by atoms with van der Waals surface area (Å²) in [5, 5.41) is 0. The number of aryl methyl sites for hydroxylation is 1. The molecule has 4 rings (SSSR count). The van der Waals surface area contributed by atoms with Gasteiger partial charge < -0.3 is 24.3 Å². The molecule has 0 radical (unpaired) electrons. The molecule has 2 aromatic heterocycles. The number of nitrogens with one attached hydrogen (secondary N) is 2. The van der Waals surface area contributed by atoms with E-state index in [-0.39, 0.29) is 23.9 Å². The number of piperazine rings is 1. The Hall–Kier alpha value is -3.29. The third-order valence-electron chi connectivity index (χ3n) is 4.93. The van der Waals surface area contributed by atoms with Crippen LogP contribution in [0.4, 0.5) is 0 Å². The number of nitrogens with zero attached hydrogens (tertiary/aromatic N) is 3. The lowest BCUT2D eigenvalue weighted by Crippen LogP contribution is -2.50. The van der Waals surface area contributed by atoms with Crippen molar-refractivity contribution in [1.29, 1.82) is 0 Å². The fourth-order valence-corrected chi connectivity index (χ4v) is 3.45. The van der Waals surface area contributed by atoms with E-state index in [0.717, 1.165) is 11.1 Å². The van der Waals surface area contributed by atoms with E-state index in [4.69, 9.17) is 0 Å². The fourth-order valence-electron chi connectivity index (χ4n) is 3.45. The summed E-state index contributed by atoms with van der Waals surface area (Å²) >= 11 is 0. The maximum Gasteiger partial charge on any atom is 0.323 e. The van der Waals surface area contributed by atoms with Crippen LogP contribution in [0, 0.1) is 0 Å². The molecule has 3 aromatic rings. The summed E-state index contributed by atoms with van der Waals surface area (Å²) in [7, 11) is 1.88. The molecule has 2 N–H and O–H groups in total. The molecule has 1 aliphatic heterocycles. The lowest BCUT2D eigenvalue weighted by atomic mass is 10.1. The normalized spacial score (nSPS) is 14.7. The van der Waals surface area contributed by atoms with Crippen LogP contribution >= 0.6 is 0 Å².